The van der Waals surface area contributed by atoms with E-state index in [1.54, 1.807) is 42.5 Å². The molecule has 9 heteroatoms. The molecule has 2 amide bonds. The number of nitrogens with zero attached hydrogens (tertiary/aromatic N) is 2. The van der Waals surface area contributed by atoms with Crippen LogP contribution in [0.2, 0.25) is 5.02 Å². The van der Waals surface area contributed by atoms with Gasteiger partial charge in [0.2, 0.25) is 11.8 Å². The number of benzene rings is 4. The molecule has 0 aliphatic carbocycles. The van der Waals surface area contributed by atoms with E-state index in [4.69, 9.17) is 11.6 Å². The molecule has 0 aliphatic rings. The minimum absolute atomic E-state index is 0.0431. The molecule has 0 unspecified atom stereocenters. The zero-order chi connectivity index (χ0) is 31.0. The summed E-state index contributed by atoms with van der Waals surface area (Å²) < 4.78 is 29.0. The number of halogens is 1. The van der Waals surface area contributed by atoms with E-state index in [9.17, 15) is 18.0 Å². The molecular weight excluding hydrogens is 582 g/mol. The van der Waals surface area contributed by atoms with Crippen LogP contribution in [-0.2, 0) is 32.6 Å². The highest BCUT2D eigenvalue weighted by molar-refractivity contribution is 7.92. The number of sulfonamides is 1. The molecule has 7 nitrogen and oxygen atoms in total. The van der Waals surface area contributed by atoms with Crippen molar-refractivity contribution in [2.45, 2.75) is 50.7 Å². The first-order chi connectivity index (χ1) is 20.6. The lowest BCUT2D eigenvalue weighted by Gasteiger charge is -2.34. The van der Waals surface area contributed by atoms with Gasteiger partial charge in [-0.05, 0) is 73.9 Å². The topological polar surface area (TPSA) is 86.8 Å². The van der Waals surface area contributed by atoms with Gasteiger partial charge in [-0.3, -0.25) is 13.9 Å². The van der Waals surface area contributed by atoms with Crippen LogP contribution in [0.5, 0.6) is 0 Å². The maximum atomic E-state index is 14.4. The van der Waals surface area contributed by atoms with Gasteiger partial charge in [-0.15, -0.1) is 0 Å². The van der Waals surface area contributed by atoms with Crippen LogP contribution in [0.25, 0.3) is 0 Å². The highest BCUT2D eigenvalue weighted by atomic mass is 35.5. The predicted octanol–water partition coefficient (Wildman–Crippen LogP) is 6.01. The van der Waals surface area contributed by atoms with Crippen molar-refractivity contribution in [2.75, 3.05) is 10.8 Å². The second kappa shape index (κ2) is 14.4. The lowest BCUT2D eigenvalue weighted by Crippen LogP contribution is -2.54. The van der Waals surface area contributed by atoms with Crippen LogP contribution >= 0.6 is 11.6 Å². The summed E-state index contributed by atoms with van der Waals surface area (Å²) in [7, 11) is -4.16. The maximum Gasteiger partial charge on any atom is 0.264 e. The first-order valence-corrected chi connectivity index (χ1v) is 15.9. The second-order valence-corrected chi connectivity index (χ2v) is 12.9. The molecule has 0 bridgehead atoms. The molecule has 0 radical (unpaired) electrons. The number of aryl methyl sites for hydroxylation is 1. The fraction of sp³-hybridized carbons (Fsp3) is 0.235. The smallest absolute Gasteiger partial charge is 0.264 e. The van der Waals surface area contributed by atoms with Crippen molar-refractivity contribution in [2.24, 2.45) is 0 Å². The lowest BCUT2D eigenvalue weighted by atomic mass is 10.0. The molecule has 224 valence electrons. The summed E-state index contributed by atoms with van der Waals surface area (Å²) in [6.07, 6.45) is 0.253. The van der Waals surface area contributed by atoms with Crippen LogP contribution < -0.4 is 9.62 Å². The maximum absolute atomic E-state index is 14.4. The average Bonchev–Trinajstić information content (AvgIpc) is 2.99. The average molecular weight is 618 g/mol. The molecule has 1 N–H and O–H groups in total. The van der Waals surface area contributed by atoms with Crippen LogP contribution in [0.1, 0.15) is 30.5 Å². The highest BCUT2D eigenvalue weighted by Gasteiger charge is 2.35. The van der Waals surface area contributed by atoms with Crippen LogP contribution in [0.4, 0.5) is 5.69 Å². The number of anilines is 1. The summed E-state index contributed by atoms with van der Waals surface area (Å²) in [6.45, 7) is 5.26. The summed E-state index contributed by atoms with van der Waals surface area (Å²) in [4.78, 5) is 29.7. The molecule has 4 aromatic rings. The van der Waals surface area contributed by atoms with Gasteiger partial charge in [-0.25, -0.2) is 8.42 Å². The van der Waals surface area contributed by atoms with Gasteiger partial charge < -0.3 is 10.2 Å². The molecule has 0 saturated heterocycles. The third-order valence-electron chi connectivity index (χ3n) is 7.03. The number of amides is 2. The lowest BCUT2D eigenvalue weighted by molar-refractivity contribution is -0.140. The molecule has 0 aliphatic heterocycles. The Morgan fingerprint density at radius 1 is 0.814 bits per heavy atom. The van der Waals surface area contributed by atoms with E-state index >= 15 is 0 Å². The van der Waals surface area contributed by atoms with Crippen molar-refractivity contribution in [1.29, 1.82) is 0 Å². The number of rotatable bonds is 12. The van der Waals surface area contributed by atoms with Gasteiger partial charge in [0.15, 0.2) is 0 Å². The Morgan fingerprint density at radius 2 is 1.40 bits per heavy atom. The van der Waals surface area contributed by atoms with E-state index in [-0.39, 0.29) is 35.5 Å². The Balaban J connectivity index is 1.80. The molecule has 4 rings (SSSR count). The van der Waals surface area contributed by atoms with E-state index in [1.165, 1.54) is 17.0 Å². The third kappa shape index (κ3) is 8.24. The van der Waals surface area contributed by atoms with E-state index < -0.39 is 28.5 Å². The summed E-state index contributed by atoms with van der Waals surface area (Å²) in [6, 6.07) is 30.3. The quantitative estimate of drug-likeness (QED) is 0.211. The summed E-state index contributed by atoms with van der Waals surface area (Å²) in [5.74, 6) is -0.831. The van der Waals surface area contributed by atoms with E-state index in [0.717, 1.165) is 21.0 Å². The Labute approximate surface area is 259 Å². The normalized spacial score (nSPS) is 12.0. The first kappa shape index (κ1) is 31.8. The largest absolute Gasteiger partial charge is 0.352 e. The van der Waals surface area contributed by atoms with Crippen molar-refractivity contribution >= 4 is 39.1 Å². The molecular formula is C34H36ClN3O4S. The highest BCUT2D eigenvalue weighted by Crippen LogP contribution is 2.26. The summed E-state index contributed by atoms with van der Waals surface area (Å²) in [5.41, 5.74) is 2.97. The summed E-state index contributed by atoms with van der Waals surface area (Å²) in [5, 5.41) is 3.40. The van der Waals surface area contributed by atoms with Crippen molar-refractivity contribution in [1.82, 2.24) is 10.2 Å². The molecule has 0 aromatic heterocycles. The molecule has 0 heterocycles. The number of hydrogen-bond donors (Lipinski definition) is 1. The van der Waals surface area contributed by atoms with Crippen LogP contribution in [0.3, 0.4) is 0 Å². The van der Waals surface area contributed by atoms with Crippen LogP contribution in [-0.4, -0.2) is 43.8 Å². The van der Waals surface area contributed by atoms with Gasteiger partial charge in [0.05, 0.1) is 10.6 Å². The molecule has 4 aromatic carbocycles. The van der Waals surface area contributed by atoms with Crippen LogP contribution in [0.15, 0.2) is 114 Å². The Hall–Kier alpha value is -4.14. The zero-order valence-electron chi connectivity index (χ0n) is 24.5. The van der Waals surface area contributed by atoms with Crippen molar-refractivity contribution < 1.29 is 18.0 Å². The number of carbonyl (C=O) groups is 2. The Bertz CT molecular complexity index is 1630. The van der Waals surface area contributed by atoms with Crippen molar-refractivity contribution in [3.63, 3.8) is 0 Å². The number of nitrogens with one attached hydrogen (secondary N) is 1. The van der Waals surface area contributed by atoms with Gasteiger partial charge in [0, 0.05) is 24.0 Å². The second-order valence-electron chi connectivity index (χ2n) is 10.6. The number of hydrogen-bond acceptors (Lipinski definition) is 4. The fourth-order valence-corrected chi connectivity index (χ4v) is 6.32. The molecule has 0 fully saturated rings. The Kier molecular flexibility index (Phi) is 10.6. The van der Waals surface area contributed by atoms with Gasteiger partial charge in [-0.2, -0.15) is 0 Å². The zero-order valence-corrected chi connectivity index (χ0v) is 26.1. The van der Waals surface area contributed by atoms with E-state index in [2.05, 4.69) is 5.32 Å². The monoisotopic (exact) mass is 617 g/mol. The Morgan fingerprint density at radius 3 is 2.00 bits per heavy atom. The standard InChI is InChI=1S/C34H36ClN3O4S/c1-25(2)36-34(40)32(22-27-13-6-4-7-14-27)37(23-28-15-11-10-12-26(28)3)33(39)24-38(30-20-18-29(35)19-21-30)43(41,42)31-16-8-5-9-17-31/h4-21,25,32H,22-24H2,1-3H3,(H,36,40)/t32-/m1/s1. The van der Waals surface area contributed by atoms with Crippen LogP contribution in [0, 0.1) is 6.92 Å². The number of carbonyl (C=O) groups excluding carboxylic acids is 2. The van der Waals surface area contributed by atoms with Gasteiger partial charge in [0.1, 0.15) is 12.6 Å². The van der Waals surface area contributed by atoms with Gasteiger partial charge in [-0.1, -0.05) is 84.4 Å². The predicted molar refractivity (Wildman–Crippen MR) is 171 cm³/mol. The molecule has 0 spiro atoms. The van der Waals surface area contributed by atoms with Crippen molar-refractivity contribution in [3.8, 4) is 0 Å². The van der Waals surface area contributed by atoms with E-state index in [0.29, 0.717) is 5.02 Å². The minimum atomic E-state index is -4.16. The van der Waals surface area contributed by atoms with Gasteiger partial charge >= 0.3 is 0 Å². The summed E-state index contributed by atoms with van der Waals surface area (Å²) >= 11 is 6.12. The van der Waals surface area contributed by atoms with Crippen molar-refractivity contribution in [3.05, 3.63) is 131 Å². The SMILES string of the molecule is Cc1ccccc1CN(C(=O)CN(c1ccc(Cl)cc1)S(=O)(=O)c1ccccc1)[C@H](Cc1ccccc1)C(=O)NC(C)C. The minimum Gasteiger partial charge on any atom is -0.352 e. The fourth-order valence-electron chi connectivity index (χ4n) is 4.76. The molecule has 43 heavy (non-hydrogen) atoms. The molecule has 1 atom stereocenters. The molecule has 0 saturated carbocycles. The van der Waals surface area contributed by atoms with E-state index in [1.807, 2.05) is 75.4 Å². The first-order valence-electron chi connectivity index (χ1n) is 14.1. The van der Waals surface area contributed by atoms with Gasteiger partial charge in [0.25, 0.3) is 10.0 Å². The third-order valence-corrected chi connectivity index (χ3v) is 9.07.